The average molecular weight is 333 g/mol. The molecule has 108 valence electrons. The fraction of sp³-hybridized carbons (Fsp3) is 0.308. The zero-order chi connectivity index (χ0) is 15.2. The Labute approximate surface area is 128 Å². The fourth-order valence-electron chi connectivity index (χ4n) is 1.96. The third-order valence-electron chi connectivity index (χ3n) is 3.12. The summed E-state index contributed by atoms with van der Waals surface area (Å²) in [6.45, 7) is 6.75. The van der Waals surface area contributed by atoms with Crippen LogP contribution in [0, 0.1) is 27.7 Å². The topological polar surface area (TPSA) is 52.0 Å². The highest BCUT2D eigenvalue weighted by atomic mass is 35.5. The molecule has 0 radical (unpaired) electrons. The Kier molecular flexibility index (Phi) is 3.88. The molecule has 0 atom stereocenters. The Hall–Kier alpha value is -1.04. The molecule has 1 aromatic heterocycles. The molecule has 0 fully saturated rings. The first-order chi connectivity index (χ1) is 9.16. The van der Waals surface area contributed by atoms with Gasteiger partial charge in [-0.1, -0.05) is 23.2 Å². The number of halogens is 2. The first kappa shape index (κ1) is 15.4. The van der Waals surface area contributed by atoms with Crippen molar-refractivity contribution >= 4 is 33.2 Å². The first-order valence-electron chi connectivity index (χ1n) is 5.90. The van der Waals surface area contributed by atoms with Crippen LogP contribution in [0.25, 0.3) is 0 Å². The highest BCUT2D eigenvalue weighted by Crippen LogP contribution is 2.28. The number of nitrogens with zero attached hydrogens (tertiary/aromatic N) is 2. The maximum atomic E-state index is 12.7. The zero-order valence-electron chi connectivity index (χ0n) is 11.5. The Bertz CT molecular complexity index is 795. The minimum atomic E-state index is -3.78. The lowest BCUT2D eigenvalue weighted by atomic mass is 10.2. The van der Waals surface area contributed by atoms with Gasteiger partial charge < -0.3 is 0 Å². The van der Waals surface area contributed by atoms with E-state index in [1.54, 1.807) is 39.8 Å². The normalized spacial score (nSPS) is 11.9. The van der Waals surface area contributed by atoms with E-state index < -0.39 is 10.0 Å². The van der Waals surface area contributed by atoms with Crippen molar-refractivity contribution in [1.29, 1.82) is 0 Å². The summed E-state index contributed by atoms with van der Waals surface area (Å²) in [7, 11) is -3.78. The molecular weight excluding hydrogens is 319 g/mol. The summed E-state index contributed by atoms with van der Waals surface area (Å²) in [5, 5.41) is 4.91. The summed E-state index contributed by atoms with van der Waals surface area (Å²) in [5.74, 6) is 0. The third-order valence-corrected chi connectivity index (χ3v) is 5.89. The van der Waals surface area contributed by atoms with Crippen molar-refractivity contribution in [3.05, 3.63) is 44.7 Å². The van der Waals surface area contributed by atoms with Gasteiger partial charge in [-0.05, 0) is 51.0 Å². The molecule has 0 aliphatic carbocycles. The second kappa shape index (κ2) is 5.06. The van der Waals surface area contributed by atoms with E-state index in [4.69, 9.17) is 23.2 Å². The molecule has 4 nitrogen and oxygen atoms in total. The number of hydrogen-bond donors (Lipinski definition) is 0. The van der Waals surface area contributed by atoms with Crippen molar-refractivity contribution in [2.45, 2.75) is 32.6 Å². The van der Waals surface area contributed by atoms with E-state index in [1.807, 2.05) is 0 Å². The van der Waals surface area contributed by atoms with Crippen LogP contribution in [-0.2, 0) is 10.0 Å². The van der Waals surface area contributed by atoms with Gasteiger partial charge in [-0.2, -0.15) is 17.6 Å². The smallest absolute Gasteiger partial charge is 0.199 e. The largest absolute Gasteiger partial charge is 0.283 e. The Morgan fingerprint density at radius 1 is 1.05 bits per heavy atom. The molecule has 2 aromatic rings. The Morgan fingerprint density at radius 3 is 2.15 bits per heavy atom. The van der Waals surface area contributed by atoms with E-state index in [0.717, 1.165) is 4.09 Å². The second-order valence-electron chi connectivity index (χ2n) is 4.70. The number of rotatable bonds is 2. The Morgan fingerprint density at radius 2 is 1.65 bits per heavy atom. The van der Waals surface area contributed by atoms with Gasteiger partial charge in [0.1, 0.15) is 0 Å². The van der Waals surface area contributed by atoms with Crippen LogP contribution in [0.2, 0.25) is 10.0 Å². The molecule has 0 saturated carbocycles. The molecule has 2 rings (SSSR count). The van der Waals surface area contributed by atoms with Crippen molar-refractivity contribution in [2.24, 2.45) is 0 Å². The molecule has 0 unspecified atom stereocenters. The van der Waals surface area contributed by atoms with Crippen molar-refractivity contribution in [1.82, 2.24) is 9.19 Å². The van der Waals surface area contributed by atoms with Gasteiger partial charge in [-0.25, -0.2) is 0 Å². The van der Waals surface area contributed by atoms with Crippen LogP contribution in [0.3, 0.4) is 0 Å². The van der Waals surface area contributed by atoms with Crippen molar-refractivity contribution in [3.63, 3.8) is 0 Å². The first-order valence-corrected chi connectivity index (χ1v) is 8.10. The molecule has 1 aromatic carbocycles. The summed E-state index contributed by atoms with van der Waals surface area (Å²) < 4.78 is 26.4. The predicted molar refractivity (Wildman–Crippen MR) is 80.2 cm³/mol. The number of benzene rings is 1. The Balaban J connectivity index is 2.73. The summed E-state index contributed by atoms with van der Waals surface area (Å²) in [4.78, 5) is 0.182. The predicted octanol–water partition coefficient (Wildman–Crippen LogP) is 3.66. The minimum absolute atomic E-state index is 0.182. The average Bonchev–Trinajstić information content (AvgIpc) is 2.62. The molecule has 7 heteroatoms. The van der Waals surface area contributed by atoms with Crippen LogP contribution in [-0.4, -0.2) is 17.6 Å². The monoisotopic (exact) mass is 332 g/mol. The molecule has 1 heterocycles. The van der Waals surface area contributed by atoms with Crippen LogP contribution in [0.15, 0.2) is 17.0 Å². The van der Waals surface area contributed by atoms with Gasteiger partial charge in [0.2, 0.25) is 0 Å². The summed E-state index contributed by atoms with van der Waals surface area (Å²) in [5.41, 5.74) is 2.15. The van der Waals surface area contributed by atoms with Crippen LogP contribution >= 0.6 is 23.2 Å². The molecule has 0 aliphatic heterocycles. The lowest BCUT2D eigenvalue weighted by Crippen LogP contribution is -2.17. The quantitative estimate of drug-likeness (QED) is 0.843. The fourth-order valence-corrected chi connectivity index (χ4v) is 4.01. The molecule has 0 N–H and O–H groups in total. The van der Waals surface area contributed by atoms with E-state index >= 15 is 0 Å². The highest BCUT2D eigenvalue weighted by molar-refractivity contribution is 7.90. The molecular formula is C13H14Cl2N2O2S. The van der Waals surface area contributed by atoms with E-state index in [9.17, 15) is 8.42 Å². The number of aryl methyl sites for hydroxylation is 3. The van der Waals surface area contributed by atoms with Crippen LogP contribution in [0.4, 0.5) is 0 Å². The third kappa shape index (κ3) is 2.34. The lowest BCUT2D eigenvalue weighted by Gasteiger charge is -2.11. The second-order valence-corrected chi connectivity index (χ2v) is 7.22. The van der Waals surface area contributed by atoms with Crippen LogP contribution in [0.5, 0.6) is 0 Å². The molecule has 0 spiro atoms. The maximum absolute atomic E-state index is 12.7. The highest BCUT2D eigenvalue weighted by Gasteiger charge is 2.25. The van der Waals surface area contributed by atoms with Gasteiger partial charge >= 0.3 is 0 Å². The van der Waals surface area contributed by atoms with Gasteiger partial charge in [0.25, 0.3) is 10.0 Å². The zero-order valence-corrected chi connectivity index (χ0v) is 13.9. The van der Waals surface area contributed by atoms with Gasteiger partial charge in [-0.15, -0.1) is 0 Å². The van der Waals surface area contributed by atoms with Crippen LogP contribution < -0.4 is 0 Å². The molecule has 0 bridgehead atoms. The van der Waals surface area contributed by atoms with Crippen molar-refractivity contribution in [3.8, 4) is 0 Å². The maximum Gasteiger partial charge on any atom is 0.283 e. The van der Waals surface area contributed by atoms with Gasteiger partial charge in [0.15, 0.2) is 0 Å². The minimum Gasteiger partial charge on any atom is -0.199 e. The van der Waals surface area contributed by atoms with Crippen molar-refractivity contribution < 1.29 is 8.42 Å². The SMILES string of the molecule is Cc1cc(S(=O)(=O)n2nc(C)c(Cl)c2C)c(C)cc1Cl. The standard InChI is InChI=1S/C13H14Cl2N2O2S/c1-7-6-12(8(2)5-11(7)14)20(18,19)17-10(4)13(15)9(3)16-17/h5-6H,1-4H3. The van der Waals surface area contributed by atoms with E-state index in [-0.39, 0.29) is 4.90 Å². The number of hydrogen-bond acceptors (Lipinski definition) is 3. The summed E-state index contributed by atoms with van der Waals surface area (Å²) >= 11 is 12.0. The van der Waals surface area contributed by atoms with Gasteiger partial charge in [0.05, 0.1) is 21.3 Å². The summed E-state index contributed by atoms with van der Waals surface area (Å²) in [6.07, 6.45) is 0. The molecule has 0 saturated heterocycles. The van der Waals surface area contributed by atoms with Crippen molar-refractivity contribution in [2.75, 3.05) is 0 Å². The van der Waals surface area contributed by atoms with Gasteiger partial charge in [-0.3, -0.25) is 0 Å². The number of aromatic nitrogens is 2. The van der Waals surface area contributed by atoms with E-state index in [0.29, 0.717) is 32.6 Å². The summed E-state index contributed by atoms with van der Waals surface area (Å²) in [6, 6.07) is 3.19. The van der Waals surface area contributed by atoms with Gasteiger partial charge in [0, 0.05) is 5.02 Å². The van der Waals surface area contributed by atoms with E-state index in [2.05, 4.69) is 5.10 Å². The van der Waals surface area contributed by atoms with E-state index in [1.165, 1.54) is 0 Å². The molecule has 0 aliphatic rings. The molecule has 0 amide bonds. The van der Waals surface area contributed by atoms with Crippen LogP contribution in [0.1, 0.15) is 22.5 Å². The molecule has 20 heavy (non-hydrogen) atoms. The lowest BCUT2D eigenvalue weighted by molar-refractivity contribution is 0.577.